The quantitative estimate of drug-likeness (QED) is 0.166. The average molecular weight is 633 g/mol. The highest BCUT2D eigenvalue weighted by molar-refractivity contribution is 6.31. The van der Waals surface area contributed by atoms with Crippen LogP contribution in [-0.4, -0.2) is 0 Å². The molecule has 0 fully saturated rings. The first-order valence-electron chi connectivity index (χ1n) is 17.6. The number of benzene rings is 10. The summed E-state index contributed by atoms with van der Waals surface area (Å²) in [6.07, 6.45) is 0. The first kappa shape index (κ1) is 27.7. The molecule has 0 aliphatic heterocycles. The first-order valence-corrected chi connectivity index (χ1v) is 17.6. The lowest BCUT2D eigenvalue weighted by Gasteiger charge is -2.24. The van der Waals surface area contributed by atoms with Gasteiger partial charge in [0.05, 0.1) is 0 Å². The predicted octanol–water partition coefficient (Wildman–Crippen LogP) is 14.2. The van der Waals surface area contributed by atoms with Crippen LogP contribution in [0.25, 0.3) is 109 Å². The van der Waals surface area contributed by atoms with Gasteiger partial charge in [0.15, 0.2) is 0 Å². The number of aryl methyl sites for hydroxylation is 2. The monoisotopic (exact) mass is 632 g/mol. The van der Waals surface area contributed by atoms with Gasteiger partial charge in [-0.3, -0.25) is 0 Å². The average Bonchev–Trinajstić information content (AvgIpc) is 3.49. The second kappa shape index (κ2) is 10.1. The maximum atomic E-state index is 2.47. The van der Waals surface area contributed by atoms with Crippen molar-refractivity contribution in [2.45, 2.75) is 13.8 Å². The lowest BCUT2D eigenvalue weighted by atomic mass is 9.79. The number of hydrogen-bond donors (Lipinski definition) is 0. The molecule has 0 nitrogen and oxygen atoms in total. The van der Waals surface area contributed by atoms with E-state index in [1.165, 1.54) is 120 Å². The summed E-state index contributed by atoms with van der Waals surface area (Å²) in [4.78, 5) is 0. The van der Waals surface area contributed by atoms with E-state index in [-0.39, 0.29) is 0 Å². The zero-order chi connectivity index (χ0) is 33.1. The van der Waals surface area contributed by atoms with Crippen LogP contribution in [0.3, 0.4) is 0 Å². The summed E-state index contributed by atoms with van der Waals surface area (Å²) in [5.41, 5.74) is 13.2. The molecule has 0 saturated heterocycles. The fraction of sp³-hybridized carbons (Fsp3) is 0.0400. The Hall–Kier alpha value is -6.24. The molecule has 1 aliphatic carbocycles. The van der Waals surface area contributed by atoms with Gasteiger partial charge in [0.1, 0.15) is 0 Å². The second-order valence-corrected chi connectivity index (χ2v) is 14.1. The summed E-state index contributed by atoms with van der Waals surface area (Å²) >= 11 is 0. The van der Waals surface area contributed by atoms with Crippen molar-refractivity contribution in [2.75, 3.05) is 0 Å². The minimum absolute atomic E-state index is 1.27. The fourth-order valence-corrected chi connectivity index (χ4v) is 9.13. The van der Waals surface area contributed by atoms with Gasteiger partial charge < -0.3 is 0 Å². The molecular formula is C50H32. The molecule has 1 aliphatic rings. The molecule has 0 bridgehead atoms. The third-order valence-corrected chi connectivity index (χ3v) is 11.4. The largest absolute Gasteiger partial charge is 0.0616 e. The summed E-state index contributed by atoms with van der Waals surface area (Å²) in [5, 5.41) is 15.6. The summed E-state index contributed by atoms with van der Waals surface area (Å²) < 4.78 is 0. The zero-order valence-electron chi connectivity index (χ0n) is 28.0. The Morgan fingerprint density at radius 1 is 0.260 bits per heavy atom. The van der Waals surface area contributed by atoms with E-state index in [0.29, 0.717) is 0 Å². The SMILES string of the molecule is Cc1cc2c(-c3cc4ccccc4c4ccccc34)c3c(c(-c4cc5ccccc5c5ccccc45)c2cc1C)-c1cccc2cccc-3c12. The van der Waals surface area contributed by atoms with E-state index in [1.54, 1.807) is 0 Å². The minimum atomic E-state index is 1.27. The van der Waals surface area contributed by atoms with Gasteiger partial charge in [-0.1, -0.05) is 146 Å². The number of fused-ring (bicyclic) bond motifs is 10. The van der Waals surface area contributed by atoms with Gasteiger partial charge in [-0.2, -0.15) is 0 Å². The van der Waals surface area contributed by atoms with Crippen molar-refractivity contribution in [3.63, 3.8) is 0 Å². The molecule has 11 rings (SSSR count). The highest BCUT2D eigenvalue weighted by Gasteiger charge is 2.32. The molecule has 10 aromatic carbocycles. The van der Waals surface area contributed by atoms with Gasteiger partial charge >= 0.3 is 0 Å². The summed E-state index contributed by atoms with van der Waals surface area (Å²) in [6, 6.07) is 59.3. The molecule has 0 atom stereocenters. The molecular weight excluding hydrogens is 601 g/mol. The standard InChI is InChI=1S/C50H32/c1-29-25-42-43(26-30(29)2)48(45-28-33-14-4-6-18-35(33)37-20-8-10-22-39(37)45)50-41-24-12-16-31-15-11-23-40(46(31)41)49(50)47(42)44-27-32-13-3-5-17-34(32)36-19-7-9-21-38(36)44/h3-28H,1-2H3. The number of hydrogen-bond acceptors (Lipinski definition) is 0. The van der Waals surface area contributed by atoms with Crippen LogP contribution in [-0.2, 0) is 0 Å². The minimum Gasteiger partial charge on any atom is -0.0616 e. The van der Waals surface area contributed by atoms with Crippen molar-refractivity contribution in [1.82, 2.24) is 0 Å². The Balaban J connectivity index is 1.43. The van der Waals surface area contributed by atoms with Gasteiger partial charge in [-0.15, -0.1) is 0 Å². The van der Waals surface area contributed by atoms with Gasteiger partial charge in [0.25, 0.3) is 0 Å². The van der Waals surface area contributed by atoms with E-state index in [2.05, 4.69) is 172 Å². The van der Waals surface area contributed by atoms with Gasteiger partial charge in [0, 0.05) is 0 Å². The highest BCUT2D eigenvalue weighted by Crippen LogP contribution is 2.59. The number of rotatable bonds is 2. The molecule has 0 saturated carbocycles. The molecule has 50 heavy (non-hydrogen) atoms. The summed E-state index contributed by atoms with van der Waals surface area (Å²) in [5.74, 6) is 0. The Bertz CT molecular complexity index is 2900. The van der Waals surface area contributed by atoms with Crippen LogP contribution < -0.4 is 0 Å². The smallest absolute Gasteiger partial charge is 0.000718 e. The normalized spacial score (nSPS) is 12.2. The van der Waals surface area contributed by atoms with Crippen molar-refractivity contribution >= 4 is 64.6 Å². The van der Waals surface area contributed by atoms with E-state index in [4.69, 9.17) is 0 Å². The maximum Gasteiger partial charge on any atom is -0.000718 e. The topological polar surface area (TPSA) is 0 Å². The fourth-order valence-electron chi connectivity index (χ4n) is 9.13. The van der Waals surface area contributed by atoms with E-state index < -0.39 is 0 Å². The molecule has 0 heterocycles. The Morgan fingerprint density at radius 2 is 0.640 bits per heavy atom. The molecule has 10 aromatic rings. The van der Waals surface area contributed by atoms with Crippen molar-refractivity contribution in [1.29, 1.82) is 0 Å². The Labute approximate surface area is 290 Å². The van der Waals surface area contributed by atoms with Crippen LogP contribution in [0, 0.1) is 13.8 Å². The Morgan fingerprint density at radius 3 is 1.10 bits per heavy atom. The van der Waals surface area contributed by atoms with Crippen LogP contribution in [0.5, 0.6) is 0 Å². The molecule has 0 aromatic heterocycles. The van der Waals surface area contributed by atoms with Crippen LogP contribution in [0.1, 0.15) is 11.1 Å². The Kier molecular flexibility index (Phi) is 5.61. The van der Waals surface area contributed by atoms with E-state index in [1.807, 2.05) is 0 Å². The molecule has 0 amide bonds. The highest BCUT2D eigenvalue weighted by atomic mass is 14.3. The predicted molar refractivity (Wildman–Crippen MR) is 216 cm³/mol. The summed E-state index contributed by atoms with van der Waals surface area (Å²) in [6.45, 7) is 4.54. The molecule has 232 valence electrons. The maximum absolute atomic E-state index is 2.47. The molecule has 0 radical (unpaired) electrons. The summed E-state index contributed by atoms with van der Waals surface area (Å²) in [7, 11) is 0. The van der Waals surface area contributed by atoms with Crippen molar-refractivity contribution in [3.05, 3.63) is 169 Å². The lowest BCUT2D eigenvalue weighted by Crippen LogP contribution is -1.97. The van der Waals surface area contributed by atoms with Crippen molar-refractivity contribution in [2.24, 2.45) is 0 Å². The first-order chi connectivity index (χ1) is 24.7. The molecule has 0 N–H and O–H groups in total. The third-order valence-electron chi connectivity index (χ3n) is 11.4. The van der Waals surface area contributed by atoms with E-state index >= 15 is 0 Å². The van der Waals surface area contributed by atoms with Crippen molar-refractivity contribution in [3.8, 4) is 44.5 Å². The zero-order valence-corrected chi connectivity index (χ0v) is 28.0. The lowest BCUT2D eigenvalue weighted by molar-refractivity contribution is 1.37. The van der Waals surface area contributed by atoms with Crippen LogP contribution in [0.4, 0.5) is 0 Å². The van der Waals surface area contributed by atoms with E-state index in [0.717, 1.165) is 0 Å². The van der Waals surface area contributed by atoms with Crippen LogP contribution in [0.15, 0.2) is 158 Å². The molecule has 0 unspecified atom stereocenters. The second-order valence-electron chi connectivity index (χ2n) is 14.1. The molecule has 0 heteroatoms. The third kappa shape index (κ3) is 3.66. The van der Waals surface area contributed by atoms with Crippen LogP contribution >= 0.6 is 0 Å². The van der Waals surface area contributed by atoms with Crippen LogP contribution in [0.2, 0.25) is 0 Å². The van der Waals surface area contributed by atoms with E-state index in [9.17, 15) is 0 Å². The molecule has 0 spiro atoms. The van der Waals surface area contributed by atoms with Gasteiger partial charge in [0.2, 0.25) is 0 Å². The van der Waals surface area contributed by atoms with Gasteiger partial charge in [-0.05, 0) is 146 Å². The van der Waals surface area contributed by atoms with Gasteiger partial charge in [-0.25, -0.2) is 0 Å². The van der Waals surface area contributed by atoms with Crippen molar-refractivity contribution < 1.29 is 0 Å².